The molecule has 0 radical (unpaired) electrons. The van der Waals surface area contributed by atoms with E-state index in [0.717, 1.165) is 5.56 Å². The van der Waals surface area contributed by atoms with Crippen LogP contribution in [0.2, 0.25) is 0 Å². The van der Waals surface area contributed by atoms with Crippen LogP contribution < -0.4 is 11.1 Å². The summed E-state index contributed by atoms with van der Waals surface area (Å²) in [6.07, 6.45) is 1.61. The Balaban J connectivity index is 2.06. The Labute approximate surface area is 169 Å². The second-order valence-electron chi connectivity index (χ2n) is 6.05. The van der Waals surface area contributed by atoms with Gasteiger partial charge in [-0.2, -0.15) is 10.4 Å². The zero-order valence-corrected chi connectivity index (χ0v) is 16.6. The van der Waals surface area contributed by atoms with Gasteiger partial charge in [0.05, 0.1) is 22.9 Å². The van der Waals surface area contributed by atoms with Crippen LogP contribution in [0, 0.1) is 25.2 Å². The Hall–Kier alpha value is -3.51. The Morgan fingerprint density at radius 1 is 1.25 bits per heavy atom. The lowest BCUT2D eigenvalue weighted by molar-refractivity contribution is 0.100. The monoisotopic (exact) mass is 438 g/mol. The van der Waals surface area contributed by atoms with Gasteiger partial charge in [0, 0.05) is 12.3 Å². The SMILES string of the molecule is Cc1cccnc1-n1nc(Br)cc1C(=O)Nc1c(C)cc(C#N)cc1C(N)=O. The number of halogens is 1. The number of carbonyl (C=O) groups excluding carboxylic acids is 2. The van der Waals surface area contributed by atoms with Gasteiger partial charge in [-0.15, -0.1) is 0 Å². The average molecular weight is 439 g/mol. The highest BCUT2D eigenvalue weighted by atomic mass is 79.9. The number of benzene rings is 1. The molecular weight excluding hydrogens is 424 g/mol. The van der Waals surface area contributed by atoms with Crippen LogP contribution in [0.25, 0.3) is 5.82 Å². The summed E-state index contributed by atoms with van der Waals surface area (Å²) in [6.45, 7) is 3.54. The molecule has 0 aliphatic carbocycles. The molecule has 0 saturated heterocycles. The van der Waals surface area contributed by atoms with Gasteiger partial charge in [-0.1, -0.05) is 6.07 Å². The standard InChI is InChI=1S/C19H15BrN6O2/c1-10-4-3-5-23-18(10)26-14(8-15(20)25-26)19(28)24-16-11(2)6-12(9-21)7-13(16)17(22)27/h3-8H,1-2H3,(H2,22,27)(H,24,28). The minimum atomic E-state index is -0.745. The van der Waals surface area contributed by atoms with E-state index >= 15 is 0 Å². The summed E-state index contributed by atoms with van der Waals surface area (Å²) in [5.41, 5.74) is 7.61. The molecule has 2 heterocycles. The average Bonchev–Trinajstić information content (AvgIpc) is 3.04. The van der Waals surface area contributed by atoms with E-state index < -0.39 is 11.8 Å². The third-order valence-corrected chi connectivity index (χ3v) is 4.45. The minimum absolute atomic E-state index is 0.0593. The number of rotatable bonds is 4. The Morgan fingerprint density at radius 3 is 2.64 bits per heavy atom. The number of carbonyl (C=O) groups is 2. The first kappa shape index (κ1) is 19.3. The Bertz CT molecular complexity index is 1150. The van der Waals surface area contributed by atoms with Crippen LogP contribution in [0.1, 0.15) is 37.5 Å². The summed E-state index contributed by atoms with van der Waals surface area (Å²) in [4.78, 5) is 29.1. The van der Waals surface area contributed by atoms with Gasteiger partial charge in [0.15, 0.2) is 5.82 Å². The van der Waals surface area contributed by atoms with E-state index in [4.69, 9.17) is 11.0 Å². The molecular formula is C19H15BrN6O2. The second kappa shape index (κ2) is 7.62. The zero-order valence-electron chi connectivity index (χ0n) is 15.0. The van der Waals surface area contributed by atoms with Gasteiger partial charge in [0.2, 0.25) is 0 Å². The van der Waals surface area contributed by atoms with Crippen molar-refractivity contribution in [3.8, 4) is 11.9 Å². The number of hydrogen-bond acceptors (Lipinski definition) is 5. The first-order valence-corrected chi connectivity index (χ1v) is 8.94. The van der Waals surface area contributed by atoms with Crippen molar-refractivity contribution in [2.45, 2.75) is 13.8 Å². The fourth-order valence-corrected chi connectivity index (χ4v) is 3.14. The molecule has 0 aliphatic heterocycles. The van der Waals surface area contributed by atoms with Crippen molar-refractivity contribution >= 4 is 33.4 Å². The van der Waals surface area contributed by atoms with E-state index in [1.54, 1.807) is 31.3 Å². The predicted octanol–water partition coefficient (Wildman–Crippen LogP) is 2.87. The first-order valence-electron chi connectivity index (χ1n) is 8.15. The maximum atomic E-state index is 13.0. The lowest BCUT2D eigenvalue weighted by Crippen LogP contribution is -2.22. The number of pyridine rings is 1. The third kappa shape index (κ3) is 3.63. The number of amides is 2. The third-order valence-electron chi connectivity index (χ3n) is 4.06. The predicted molar refractivity (Wildman–Crippen MR) is 106 cm³/mol. The van der Waals surface area contributed by atoms with E-state index in [1.807, 2.05) is 19.1 Å². The molecule has 0 fully saturated rings. The van der Waals surface area contributed by atoms with Crippen molar-refractivity contribution in [1.29, 1.82) is 5.26 Å². The van der Waals surface area contributed by atoms with Crippen molar-refractivity contribution in [3.63, 3.8) is 0 Å². The molecule has 0 spiro atoms. The highest BCUT2D eigenvalue weighted by Crippen LogP contribution is 2.25. The summed E-state index contributed by atoms with van der Waals surface area (Å²) in [5.74, 6) is -0.741. The smallest absolute Gasteiger partial charge is 0.274 e. The van der Waals surface area contributed by atoms with Crippen molar-refractivity contribution in [2.75, 3.05) is 5.32 Å². The van der Waals surface area contributed by atoms with Crippen molar-refractivity contribution < 1.29 is 9.59 Å². The van der Waals surface area contributed by atoms with E-state index in [-0.39, 0.29) is 22.5 Å². The number of nitriles is 1. The fourth-order valence-electron chi connectivity index (χ4n) is 2.76. The largest absolute Gasteiger partial charge is 0.366 e. The van der Waals surface area contributed by atoms with Crippen LogP contribution in [0.3, 0.4) is 0 Å². The molecule has 3 aromatic rings. The van der Waals surface area contributed by atoms with Gasteiger partial charge in [-0.3, -0.25) is 9.59 Å². The highest BCUT2D eigenvalue weighted by molar-refractivity contribution is 9.10. The van der Waals surface area contributed by atoms with E-state index in [1.165, 1.54) is 10.7 Å². The van der Waals surface area contributed by atoms with Gasteiger partial charge in [0.25, 0.3) is 11.8 Å². The first-order chi connectivity index (χ1) is 13.3. The van der Waals surface area contributed by atoms with E-state index in [0.29, 0.717) is 16.0 Å². The number of nitrogens with one attached hydrogen (secondary N) is 1. The molecule has 0 aliphatic rings. The van der Waals surface area contributed by atoms with Crippen LogP contribution in [0.4, 0.5) is 5.69 Å². The van der Waals surface area contributed by atoms with Gasteiger partial charge in [-0.05, 0) is 59.1 Å². The molecule has 2 aromatic heterocycles. The summed E-state index contributed by atoms with van der Waals surface area (Å²) in [6, 6.07) is 10.1. The molecule has 140 valence electrons. The molecule has 28 heavy (non-hydrogen) atoms. The maximum Gasteiger partial charge on any atom is 0.274 e. The number of hydrogen-bond donors (Lipinski definition) is 2. The van der Waals surface area contributed by atoms with Gasteiger partial charge in [0.1, 0.15) is 10.3 Å². The topological polar surface area (TPSA) is 127 Å². The summed E-state index contributed by atoms with van der Waals surface area (Å²) >= 11 is 3.28. The lowest BCUT2D eigenvalue weighted by Gasteiger charge is -2.14. The fraction of sp³-hybridized carbons (Fsp3) is 0.105. The van der Waals surface area contributed by atoms with Gasteiger partial charge in [-0.25, -0.2) is 9.67 Å². The maximum absolute atomic E-state index is 13.0. The van der Waals surface area contributed by atoms with Crippen molar-refractivity contribution in [2.24, 2.45) is 5.73 Å². The number of nitrogens with two attached hydrogens (primary N) is 1. The minimum Gasteiger partial charge on any atom is -0.366 e. The zero-order chi connectivity index (χ0) is 20.4. The summed E-state index contributed by atoms with van der Waals surface area (Å²) < 4.78 is 1.87. The molecule has 0 saturated carbocycles. The van der Waals surface area contributed by atoms with Crippen molar-refractivity contribution in [1.82, 2.24) is 14.8 Å². The van der Waals surface area contributed by atoms with E-state index in [2.05, 4.69) is 31.3 Å². The molecule has 3 N–H and O–H groups in total. The van der Waals surface area contributed by atoms with Crippen LogP contribution in [0.5, 0.6) is 0 Å². The normalized spacial score (nSPS) is 10.4. The van der Waals surface area contributed by atoms with E-state index in [9.17, 15) is 9.59 Å². The quantitative estimate of drug-likeness (QED) is 0.647. The molecule has 9 heteroatoms. The molecule has 0 atom stereocenters. The lowest BCUT2D eigenvalue weighted by atomic mass is 10.0. The molecule has 0 bridgehead atoms. The van der Waals surface area contributed by atoms with Gasteiger partial charge < -0.3 is 11.1 Å². The number of aromatic nitrogens is 3. The highest BCUT2D eigenvalue weighted by Gasteiger charge is 2.21. The van der Waals surface area contributed by atoms with Crippen LogP contribution in [-0.4, -0.2) is 26.6 Å². The molecule has 1 aromatic carbocycles. The summed E-state index contributed by atoms with van der Waals surface area (Å²) in [5, 5.41) is 16.1. The number of anilines is 1. The molecule has 2 amide bonds. The number of nitrogens with zero attached hydrogens (tertiary/aromatic N) is 4. The van der Waals surface area contributed by atoms with Crippen LogP contribution in [0.15, 0.2) is 41.1 Å². The second-order valence-corrected chi connectivity index (χ2v) is 6.87. The van der Waals surface area contributed by atoms with Gasteiger partial charge >= 0.3 is 0 Å². The summed E-state index contributed by atoms with van der Waals surface area (Å²) in [7, 11) is 0. The van der Waals surface area contributed by atoms with Crippen LogP contribution in [-0.2, 0) is 0 Å². The number of primary amides is 1. The Kier molecular flexibility index (Phi) is 5.24. The van der Waals surface area contributed by atoms with Crippen LogP contribution >= 0.6 is 15.9 Å². The molecule has 8 nitrogen and oxygen atoms in total. The molecule has 0 unspecified atom stereocenters. The van der Waals surface area contributed by atoms with Crippen molar-refractivity contribution in [3.05, 3.63) is 69.1 Å². The number of aryl methyl sites for hydroxylation is 2. The molecule has 3 rings (SSSR count). The Morgan fingerprint density at radius 2 is 2.00 bits per heavy atom.